The summed E-state index contributed by atoms with van der Waals surface area (Å²) in [6, 6.07) is 9.45. The van der Waals surface area contributed by atoms with Gasteiger partial charge in [0.15, 0.2) is 11.9 Å². The Kier molecular flexibility index (Phi) is 6.30. The van der Waals surface area contributed by atoms with Crippen molar-refractivity contribution < 1.29 is 9.36 Å². The molecule has 2 aromatic carbocycles. The molecule has 2 nitrogen and oxygen atoms in total. The third-order valence-electron chi connectivity index (χ3n) is 4.91. The van der Waals surface area contributed by atoms with E-state index in [0.29, 0.717) is 22.9 Å². The molecule has 1 atom stereocenters. The molecule has 2 aromatic rings. The number of ketones is 1. The topological polar surface area (TPSA) is 34.1 Å². The Bertz CT molecular complexity index is 819. The molecule has 0 amide bonds. The van der Waals surface area contributed by atoms with Crippen LogP contribution in [0.3, 0.4) is 0 Å². The van der Waals surface area contributed by atoms with Gasteiger partial charge in [-0.1, -0.05) is 36.6 Å². The lowest BCUT2D eigenvalue weighted by Crippen LogP contribution is -2.17. The summed E-state index contributed by atoms with van der Waals surface area (Å²) in [4.78, 5) is 13.3. The van der Waals surface area contributed by atoms with Crippen LogP contribution >= 0.6 is 7.80 Å². The Balaban J connectivity index is 2.49. The highest BCUT2D eigenvalue weighted by Crippen LogP contribution is 2.28. The highest BCUT2D eigenvalue weighted by molar-refractivity contribution is 7.53. The first-order valence-corrected chi connectivity index (χ1v) is 10.3. The van der Waals surface area contributed by atoms with Gasteiger partial charge in [-0.2, -0.15) is 0 Å². The first-order valence-electron chi connectivity index (χ1n) is 8.89. The summed E-state index contributed by atoms with van der Waals surface area (Å²) in [6.45, 7) is 12.4. The van der Waals surface area contributed by atoms with Crippen molar-refractivity contribution in [2.45, 2.75) is 48.0 Å². The second kappa shape index (κ2) is 8.06. The van der Waals surface area contributed by atoms with E-state index in [9.17, 15) is 9.36 Å². The Hall–Kier alpha value is -1.79. The van der Waals surface area contributed by atoms with E-state index >= 15 is 0 Å². The fraction of sp³-hybridized carbons (Fsp3) is 0.409. The van der Waals surface area contributed by atoms with Gasteiger partial charge in [-0.3, -0.25) is 4.79 Å². The van der Waals surface area contributed by atoms with Gasteiger partial charge in [0.1, 0.15) is 0 Å². The quantitative estimate of drug-likeness (QED) is 0.496. The number of carbonyl (C=O) groups excluding carboxylic acids is 1. The molecule has 0 saturated carbocycles. The highest BCUT2D eigenvalue weighted by Gasteiger charge is 2.28. The van der Waals surface area contributed by atoms with Crippen molar-refractivity contribution in [2.24, 2.45) is 5.92 Å². The van der Waals surface area contributed by atoms with Crippen molar-refractivity contribution in [3.8, 4) is 0 Å². The van der Waals surface area contributed by atoms with Crippen LogP contribution in [0.15, 0.2) is 30.3 Å². The molecule has 132 valence electrons. The maximum absolute atomic E-state index is 13.3. The highest BCUT2D eigenvalue weighted by atomic mass is 31.1. The summed E-state index contributed by atoms with van der Waals surface area (Å²) in [5, 5.41) is 0.695. The van der Waals surface area contributed by atoms with Gasteiger partial charge in [-0.15, -0.1) is 0 Å². The second-order valence-corrected chi connectivity index (χ2v) is 8.95. The molecule has 0 aliphatic rings. The van der Waals surface area contributed by atoms with Gasteiger partial charge in [-0.25, -0.2) is 0 Å². The van der Waals surface area contributed by atoms with Crippen molar-refractivity contribution in [2.75, 3.05) is 6.16 Å². The maximum atomic E-state index is 13.3. The molecule has 3 heteroatoms. The molecule has 0 aromatic heterocycles. The van der Waals surface area contributed by atoms with Crippen LogP contribution in [0.2, 0.25) is 0 Å². The summed E-state index contributed by atoms with van der Waals surface area (Å²) >= 11 is 0. The van der Waals surface area contributed by atoms with E-state index in [1.165, 1.54) is 5.56 Å². The predicted octanol–water partition coefficient (Wildman–Crippen LogP) is 5.65. The van der Waals surface area contributed by atoms with Gasteiger partial charge < -0.3 is 0 Å². The monoisotopic (exact) mass is 355 g/mol. The van der Waals surface area contributed by atoms with Gasteiger partial charge in [0.25, 0.3) is 0 Å². The number of rotatable bonds is 6. The first kappa shape index (κ1) is 19.5. The molecule has 0 N–H and O–H groups in total. The molecule has 0 aliphatic carbocycles. The van der Waals surface area contributed by atoms with Gasteiger partial charge in [0, 0.05) is 5.56 Å². The summed E-state index contributed by atoms with van der Waals surface area (Å²) in [7, 11) is -1.56. The Labute approximate surface area is 152 Å². The van der Waals surface area contributed by atoms with Crippen molar-refractivity contribution in [3.63, 3.8) is 0 Å². The van der Waals surface area contributed by atoms with E-state index in [1.54, 1.807) is 0 Å². The van der Waals surface area contributed by atoms with E-state index < -0.39 is 7.80 Å². The standard InChI is InChI=1S/C22H28O2P/c1-14(2)11-12-25(24)20-10-8-7-9-19(20)22(23)21-16(4)13-15(3)17(5)18(21)6/h7-10,13-14H,11-12H2,1-6H3/q+1. The summed E-state index contributed by atoms with van der Waals surface area (Å²) in [5.74, 6) is 0.493. The van der Waals surface area contributed by atoms with Crippen LogP contribution in [0.4, 0.5) is 0 Å². The molecule has 0 bridgehead atoms. The molecule has 1 unspecified atom stereocenters. The molecule has 0 saturated heterocycles. The summed E-state index contributed by atoms with van der Waals surface area (Å²) < 4.78 is 12.8. The lowest BCUT2D eigenvalue weighted by molar-refractivity contribution is 0.103. The molecule has 0 radical (unpaired) electrons. The minimum absolute atomic E-state index is 0.0124. The third-order valence-corrected chi connectivity index (χ3v) is 6.50. The number of carbonyl (C=O) groups is 1. The van der Waals surface area contributed by atoms with Crippen LogP contribution in [0.25, 0.3) is 0 Å². The second-order valence-electron chi connectivity index (χ2n) is 7.27. The molecule has 0 aliphatic heterocycles. The number of benzene rings is 2. The summed E-state index contributed by atoms with van der Waals surface area (Å²) in [6.07, 6.45) is 1.53. The van der Waals surface area contributed by atoms with E-state index in [2.05, 4.69) is 33.8 Å². The van der Waals surface area contributed by atoms with Crippen molar-refractivity contribution >= 4 is 18.9 Å². The Morgan fingerprint density at radius 2 is 1.64 bits per heavy atom. The van der Waals surface area contributed by atoms with Gasteiger partial charge in [-0.05, 0) is 74.4 Å². The zero-order valence-electron chi connectivity index (χ0n) is 16.1. The molecule has 0 fully saturated rings. The lowest BCUT2D eigenvalue weighted by Gasteiger charge is -2.14. The van der Waals surface area contributed by atoms with Crippen LogP contribution < -0.4 is 5.30 Å². The SMILES string of the molecule is Cc1cc(C)c(C(=O)c2ccccc2[P+](=O)CCC(C)C)c(C)c1C. The molecular weight excluding hydrogens is 327 g/mol. The molecule has 0 spiro atoms. The molecular formula is C22H28O2P+. The lowest BCUT2D eigenvalue weighted by atomic mass is 9.89. The maximum Gasteiger partial charge on any atom is 0.377 e. The Morgan fingerprint density at radius 1 is 1.00 bits per heavy atom. The van der Waals surface area contributed by atoms with Crippen molar-refractivity contribution in [3.05, 3.63) is 63.7 Å². The predicted molar refractivity (Wildman–Crippen MR) is 107 cm³/mol. The first-order chi connectivity index (χ1) is 11.7. The zero-order valence-corrected chi connectivity index (χ0v) is 17.0. The van der Waals surface area contributed by atoms with Crippen LogP contribution in [0, 0.1) is 33.6 Å². The normalized spacial score (nSPS) is 11.7. The average Bonchev–Trinajstić information content (AvgIpc) is 2.57. The van der Waals surface area contributed by atoms with Crippen LogP contribution in [0.5, 0.6) is 0 Å². The fourth-order valence-corrected chi connectivity index (χ4v) is 4.84. The van der Waals surface area contributed by atoms with Crippen molar-refractivity contribution in [1.82, 2.24) is 0 Å². The largest absolute Gasteiger partial charge is 0.377 e. The van der Waals surface area contributed by atoms with Crippen molar-refractivity contribution in [1.29, 1.82) is 0 Å². The van der Waals surface area contributed by atoms with E-state index in [1.807, 2.05) is 38.1 Å². The smallest absolute Gasteiger partial charge is 0.288 e. The van der Waals surface area contributed by atoms with Crippen LogP contribution in [-0.4, -0.2) is 11.9 Å². The van der Waals surface area contributed by atoms with Gasteiger partial charge in [0.2, 0.25) is 5.30 Å². The van der Waals surface area contributed by atoms with Gasteiger partial charge in [0.05, 0.1) is 5.56 Å². The van der Waals surface area contributed by atoms with E-state index in [4.69, 9.17) is 0 Å². The minimum atomic E-state index is -1.56. The molecule has 2 rings (SSSR count). The number of hydrogen-bond acceptors (Lipinski definition) is 2. The number of hydrogen-bond donors (Lipinski definition) is 0. The zero-order chi connectivity index (χ0) is 18.7. The average molecular weight is 355 g/mol. The van der Waals surface area contributed by atoms with Crippen LogP contribution in [-0.2, 0) is 4.57 Å². The molecule has 25 heavy (non-hydrogen) atoms. The number of aryl methyl sites for hydroxylation is 2. The fourth-order valence-electron chi connectivity index (χ4n) is 3.15. The minimum Gasteiger partial charge on any atom is -0.288 e. The molecule has 0 heterocycles. The van der Waals surface area contributed by atoms with Crippen LogP contribution in [0.1, 0.15) is 58.4 Å². The van der Waals surface area contributed by atoms with Gasteiger partial charge >= 0.3 is 7.80 Å². The Morgan fingerprint density at radius 3 is 2.28 bits per heavy atom. The summed E-state index contributed by atoms with van der Waals surface area (Å²) in [5.41, 5.74) is 5.69. The van der Waals surface area contributed by atoms with E-state index in [-0.39, 0.29) is 5.78 Å². The van der Waals surface area contributed by atoms with E-state index in [0.717, 1.165) is 28.7 Å². The third kappa shape index (κ3) is 4.25.